The molecule has 0 saturated carbocycles. The van der Waals surface area contributed by atoms with Crippen molar-refractivity contribution in [3.63, 3.8) is 0 Å². The summed E-state index contributed by atoms with van der Waals surface area (Å²) >= 11 is 0. The van der Waals surface area contributed by atoms with Crippen molar-refractivity contribution < 1.29 is 4.74 Å². The van der Waals surface area contributed by atoms with Gasteiger partial charge in [-0.2, -0.15) is 0 Å². The van der Waals surface area contributed by atoms with Crippen LogP contribution in [0.2, 0.25) is 0 Å². The number of hydrogen-bond acceptors (Lipinski definition) is 1. The fourth-order valence-corrected chi connectivity index (χ4v) is 0.974. The number of rotatable bonds is 4. The Hall–Kier alpha value is -1.24. The molecule has 72 valence electrons. The molecule has 0 aromatic heterocycles. The summed E-state index contributed by atoms with van der Waals surface area (Å²) in [5.74, 6) is 0.858. The van der Waals surface area contributed by atoms with Gasteiger partial charge in [0.2, 0.25) is 0 Å². The molecule has 0 unspecified atom stereocenters. The topological polar surface area (TPSA) is 9.23 Å². The molecule has 0 aromatic carbocycles. The Morgan fingerprint density at radius 3 is 2.15 bits per heavy atom. The van der Waals surface area contributed by atoms with Gasteiger partial charge in [0, 0.05) is 0 Å². The summed E-state index contributed by atoms with van der Waals surface area (Å²) in [4.78, 5) is 0. The second-order valence-corrected chi connectivity index (χ2v) is 2.80. The van der Waals surface area contributed by atoms with E-state index in [1.165, 1.54) is 11.8 Å². The van der Waals surface area contributed by atoms with Gasteiger partial charge in [-0.3, -0.25) is 0 Å². The first-order chi connectivity index (χ1) is 6.15. The monoisotopic (exact) mass is 178 g/mol. The van der Waals surface area contributed by atoms with Crippen LogP contribution in [-0.2, 0) is 4.74 Å². The normalized spacial score (nSPS) is 14.3. The van der Waals surface area contributed by atoms with Crippen molar-refractivity contribution in [1.29, 1.82) is 0 Å². The van der Waals surface area contributed by atoms with Crippen LogP contribution < -0.4 is 0 Å². The number of ether oxygens (including phenoxy) is 1. The van der Waals surface area contributed by atoms with Crippen LogP contribution in [0.15, 0.2) is 48.0 Å². The highest BCUT2D eigenvalue weighted by atomic mass is 16.5. The zero-order valence-corrected chi connectivity index (χ0v) is 8.92. The molecule has 0 aliphatic heterocycles. The molecule has 0 bridgehead atoms. The van der Waals surface area contributed by atoms with Crippen molar-refractivity contribution in [1.82, 2.24) is 0 Å². The lowest BCUT2D eigenvalue weighted by Gasteiger charge is -2.05. The first-order valence-corrected chi connectivity index (χ1v) is 4.41. The van der Waals surface area contributed by atoms with E-state index in [1.807, 2.05) is 26.8 Å². The largest absolute Gasteiger partial charge is 0.466 e. The molecule has 0 rings (SSSR count). The minimum absolute atomic E-state index is 0.858. The minimum atomic E-state index is 0.858. The van der Waals surface area contributed by atoms with E-state index in [4.69, 9.17) is 4.74 Å². The lowest BCUT2D eigenvalue weighted by atomic mass is 10.1. The van der Waals surface area contributed by atoms with Crippen molar-refractivity contribution in [2.75, 3.05) is 0 Å². The second kappa shape index (κ2) is 6.30. The van der Waals surface area contributed by atoms with E-state index in [0.717, 1.165) is 11.3 Å². The maximum absolute atomic E-state index is 5.23. The van der Waals surface area contributed by atoms with E-state index in [9.17, 15) is 0 Å². The van der Waals surface area contributed by atoms with Crippen molar-refractivity contribution >= 4 is 0 Å². The molecule has 0 N–H and O–H groups in total. The average Bonchev–Trinajstić information content (AvgIpc) is 2.13. The van der Waals surface area contributed by atoms with Crippen LogP contribution in [0.3, 0.4) is 0 Å². The first kappa shape index (κ1) is 11.8. The van der Waals surface area contributed by atoms with Gasteiger partial charge < -0.3 is 4.74 Å². The molecule has 0 aliphatic rings. The van der Waals surface area contributed by atoms with Crippen LogP contribution in [0.25, 0.3) is 0 Å². The van der Waals surface area contributed by atoms with E-state index in [2.05, 4.69) is 25.7 Å². The summed E-state index contributed by atoms with van der Waals surface area (Å²) < 4.78 is 5.23. The lowest BCUT2D eigenvalue weighted by Crippen LogP contribution is -1.87. The van der Waals surface area contributed by atoms with Crippen molar-refractivity contribution in [2.24, 2.45) is 0 Å². The highest BCUT2D eigenvalue weighted by Gasteiger charge is 1.97. The fraction of sp³-hybridized carbons (Fsp3) is 0.333. The van der Waals surface area contributed by atoms with Crippen molar-refractivity contribution in [3.05, 3.63) is 48.0 Å². The fourth-order valence-electron chi connectivity index (χ4n) is 0.974. The smallest absolute Gasteiger partial charge is 0.125 e. The third-order valence-corrected chi connectivity index (χ3v) is 1.76. The Labute approximate surface area is 81.1 Å². The zero-order chi connectivity index (χ0) is 10.3. The minimum Gasteiger partial charge on any atom is -0.466 e. The molecule has 0 spiro atoms. The van der Waals surface area contributed by atoms with Crippen LogP contribution in [0.4, 0.5) is 0 Å². The summed E-state index contributed by atoms with van der Waals surface area (Å²) in [5.41, 5.74) is 2.34. The molecule has 0 atom stereocenters. The summed E-state index contributed by atoms with van der Waals surface area (Å²) in [7, 11) is 0. The van der Waals surface area contributed by atoms with Crippen LogP contribution in [0.5, 0.6) is 0 Å². The van der Waals surface area contributed by atoms with Gasteiger partial charge in [0.1, 0.15) is 5.76 Å². The van der Waals surface area contributed by atoms with E-state index in [0.29, 0.717) is 0 Å². The Morgan fingerprint density at radius 2 is 1.77 bits per heavy atom. The predicted octanol–water partition coefficient (Wildman–Crippen LogP) is 3.96. The molecule has 0 aromatic rings. The van der Waals surface area contributed by atoms with Gasteiger partial charge in [-0.05, 0) is 39.3 Å². The van der Waals surface area contributed by atoms with Crippen LogP contribution in [0, 0.1) is 0 Å². The highest BCUT2D eigenvalue weighted by Crippen LogP contribution is 2.13. The van der Waals surface area contributed by atoms with Gasteiger partial charge in [-0.15, -0.1) is 0 Å². The Kier molecular flexibility index (Phi) is 5.69. The maximum atomic E-state index is 5.23. The SMILES string of the molecule is C=COC(=C/C)/C(C)=C\C(C)=C/C. The molecular formula is C12H18O. The van der Waals surface area contributed by atoms with E-state index >= 15 is 0 Å². The Morgan fingerprint density at radius 1 is 1.15 bits per heavy atom. The van der Waals surface area contributed by atoms with E-state index in [1.54, 1.807) is 0 Å². The number of hydrogen-bond donors (Lipinski definition) is 0. The predicted molar refractivity (Wildman–Crippen MR) is 58.2 cm³/mol. The van der Waals surface area contributed by atoms with Gasteiger partial charge in [0.15, 0.2) is 0 Å². The maximum Gasteiger partial charge on any atom is 0.125 e. The second-order valence-electron chi connectivity index (χ2n) is 2.80. The number of allylic oxidation sites excluding steroid dienone is 5. The van der Waals surface area contributed by atoms with Gasteiger partial charge in [0.05, 0.1) is 6.26 Å². The molecule has 0 amide bonds. The molecule has 0 aliphatic carbocycles. The third kappa shape index (κ3) is 4.36. The molecule has 1 heteroatoms. The summed E-state index contributed by atoms with van der Waals surface area (Å²) in [6.07, 6.45) is 7.51. The van der Waals surface area contributed by atoms with Crippen LogP contribution in [-0.4, -0.2) is 0 Å². The standard InChI is InChI=1S/C12H18O/c1-6-10(4)9-11(5)12(7-2)13-8-3/h6-9H,3H2,1-2,4-5H3/b10-6-,11-9-,12-7+. The lowest BCUT2D eigenvalue weighted by molar-refractivity contribution is 0.362. The quantitative estimate of drug-likeness (QED) is 0.467. The van der Waals surface area contributed by atoms with Gasteiger partial charge in [-0.1, -0.05) is 24.3 Å². The van der Waals surface area contributed by atoms with Crippen LogP contribution >= 0.6 is 0 Å². The van der Waals surface area contributed by atoms with E-state index < -0.39 is 0 Å². The first-order valence-electron chi connectivity index (χ1n) is 4.41. The molecule has 1 nitrogen and oxygen atoms in total. The molecule has 0 saturated heterocycles. The van der Waals surface area contributed by atoms with Crippen molar-refractivity contribution in [2.45, 2.75) is 27.7 Å². The summed E-state index contributed by atoms with van der Waals surface area (Å²) in [6, 6.07) is 0. The van der Waals surface area contributed by atoms with Crippen molar-refractivity contribution in [3.8, 4) is 0 Å². The van der Waals surface area contributed by atoms with Gasteiger partial charge in [-0.25, -0.2) is 0 Å². The Bertz CT molecular complexity index is 254. The molecular weight excluding hydrogens is 160 g/mol. The summed E-state index contributed by atoms with van der Waals surface area (Å²) in [5, 5.41) is 0. The van der Waals surface area contributed by atoms with Gasteiger partial charge >= 0.3 is 0 Å². The van der Waals surface area contributed by atoms with E-state index in [-0.39, 0.29) is 0 Å². The molecule has 13 heavy (non-hydrogen) atoms. The third-order valence-electron chi connectivity index (χ3n) is 1.76. The summed E-state index contributed by atoms with van der Waals surface area (Å²) in [6.45, 7) is 11.6. The highest BCUT2D eigenvalue weighted by molar-refractivity contribution is 5.31. The molecule has 0 fully saturated rings. The Balaban J connectivity index is 4.64. The molecule has 0 radical (unpaired) electrons. The van der Waals surface area contributed by atoms with Crippen LogP contribution in [0.1, 0.15) is 27.7 Å². The van der Waals surface area contributed by atoms with Gasteiger partial charge in [0.25, 0.3) is 0 Å². The average molecular weight is 178 g/mol. The molecule has 0 heterocycles. The zero-order valence-electron chi connectivity index (χ0n) is 8.92.